The molecule has 3 saturated carbocycles. The fourth-order valence-electron chi connectivity index (χ4n) is 11.9. The number of carbonyl (C=O) groups excluding carboxylic acids is 2. The molecule has 6 aliphatic rings. The van der Waals surface area contributed by atoms with Gasteiger partial charge in [-0.2, -0.15) is 0 Å². The van der Waals surface area contributed by atoms with E-state index in [4.69, 9.17) is 9.47 Å². The van der Waals surface area contributed by atoms with Crippen molar-refractivity contribution in [3.05, 3.63) is 105 Å². The van der Waals surface area contributed by atoms with E-state index in [1.807, 2.05) is 72.5 Å². The van der Waals surface area contributed by atoms with Crippen LogP contribution in [0.4, 0.5) is 0 Å². The van der Waals surface area contributed by atoms with Crippen LogP contribution in [0.15, 0.2) is 84.5 Å². The normalized spacial score (nSPS) is 35.2. The first-order valence-electron chi connectivity index (χ1n) is 19.3. The minimum Gasteiger partial charge on any atom is -0.493 e. The van der Waals surface area contributed by atoms with Gasteiger partial charge in [-0.05, 0) is 105 Å². The second-order valence-electron chi connectivity index (χ2n) is 17.2. The summed E-state index contributed by atoms with van der Waals surface area (Å²) in [7, 11) is 3.19. The van der Waals surface area contributed by atoms with Gasteiger partial charge < -0.3 is 24.6 Å². The Labute approximate surface area is 317 Å². The number of aliphatic hydroxyl groups is 2. The van der Waals surface area contributed by atoms with Crippen LogP contribution in [-0.4, -0.2) is 59.3 Å². The number of ketones is 1. The Bertz CT molecular complexity index is 1990. The molecule has 6 aliphatic carbocycles. The Morgan fingerprint density at radius 3 is 2.30 bits per heavy atom. The fourth-order valence-corrected chi connectivity index (χ4v) is 12.7. The van der Waals surface area contributed by atoms with E-state index >= 15 is 0 Å². The molecule has 3 aromatic rings. The van der Waals surface area contributed by atoms with Gasteiger partial charge in [0.25, 0.3) is 0 Å². The van der Waals surface area contributed by atoms with E-state index in [-0.39, 0.29) is 47.3 Å². The average molecular weight is 736 g/mol. The SMILES string of the molecule is COc1ccc(CC(=O)N(Cc2ccccc2)C[C@]2(O)CC[C@H]3[C@]45C=C[C@@]6(C=C4C(=O)c4ccc(C)s4)CC(O)CC[C@]6(C)[C@H]5CC[C@@]32C)cc1OC. The van der Waals surface area contributed by atoms with E-state index in [0.717, 1.165) is 58.6 Å². The second kappa shape index (κ2) is 13.0. The number of allylic oxidation sites excluding steroid dienone is 4. The third kappa shape index (κ3) is 5.41. The first-order chi connectivity index (χ1) is 25.3. The van der Waals surface area contributed by atoms with Crippen molar-refractivity contribution in [3.8, 4) is 11.5 Å². The summed E-state index contributed by atoms with van der Waals surface area (Å²) in [6, 6.07) is 19.6. The maximum atomic E-state index is 14.8. The van der Waals surface area contributed by atoms with Gasteiger partial charge in [0.2, 0.25) is 5.91 Å². The first kappa shape index (κ1) is 36.3. The van der Waals surface area contributed by atoms with E-state index in [0.29, 0.717) is 30.9 Å². The number of Topliss-reactive ketones (excluding diaryl/α,β-unsaturated/α-hetero) is 1. The molecule has 1 aromatic heterocycles. The Kier molecular flexibility index (Phi) is 8.86. The summed E-state index contributed by atoms with van der Waals surface area (Å²) in [5, 5.41) is 24.2. The summed E-state index contributed by atoms with van der Waals surface area (Å²) >= 11 is 1.55. The Morgan fingerprint density at radius 2 is 1.58 bits per heavy atom. The molecule has 8 heteroatoms. The van der Waals surface area contributed by atoms with Gasteiger partial charge in [-0.15, -0.1) is 11.3 Å². The van der Waals surface area contributed by atoms with Crippen LogP contribution in [0.25, 0.3) is 0 Å². The van der Waals surface area contributed by atoms with Crippen molar-refractivity contribution < 1.29 is 29.3 Å². The molecular formula is C45H53NO6S. The first-order valence-corrected chi connectivity index (χ1v) is 20.1. The zero-order chi connectivity index (χ0) is 37.4. The molecule has 280 valence electrons. The summed E-state index contributed by atoms with van der Waals surface area (Å²) in [4.78, 5) is 32.9. The number of nitrogens with zero attached hydrogens (tertiary/aromatic N) is 1. The van der Waals surface area contributed by atoms with Gasteiger partial charge in [0.05, 0.1) is 43.8 Å². The highest BCUT2D eigenvalue weighted by atomic mass is 32.1. The molecule has 9 rings (SSSR count). The van der Waals surface area contributed by atoms with Crippen molar-refractivity contribution in [1.29, 1.82) is 0 Å². The molecule has 2 bridgehead atoms. The van der Waals surface area contributed by atoms with E-state index in [1.54, 1.807) is 25.6 Å². The molecule has 7 nitrogen and oxygen atoms in total. The lowest BCUT2D eigenvalue weighted by Crippen LogP contribution is -2.67. The van der Waals surface area contributed by atoms with Crippen molar-refractivity contribution in [2.75, 3.05) is 20.8 Å². The third-order valence-electron chi connectivity index (χ3n) is 14.7. The molecule has 3 fully saturated rings. The van der Waals surface area contributed by atoms with Crippen molar-refractivity contribution in [1.82, 2.24) is 4.90 Å². The Hall–Kier alpha value is -3.72. The lowest BCUT2D eigenvalue weighted by Gasteiger charge is -2.71. The largest absolute Gasteiger partial charge is 0.493 e. The van der Waals surface area contributed by atoms with E-state index in [2.05, 4.69) is 32.1 Å². The van der Waals surface area contributed by atoms with Gasteiger partial charge in [0.15, 0.2) is 17.3 Å². The van der Waals surface area contributed by atoms with Gasteiger partial charge in [0, 0.05) is 33.2 Å². The smallest absolute Gasteiger partial charge is 0.227 e. The summed E-state index contributed by atoms with van der Waals surface area (Å²) < 4.78 is 11.0. The number of ether oxygens (including phenoxy) is 2. The molecule has 0 saturated heterocycles. The highest BCUT2D eigenvalue weighted by Crippen LogP contribution is 2.78. The van der Waals surface area contributed by atoms with E-state index in [1.165, 1.54) is 0 Å². The highest BCUT2D eigenvalue weighted by molar-refractivity contribution is 7.14. The molecule has 1 amide bonds. The number of methoxy groups -OCH3 is 2. The Balaban J connectivity index is 1.17. The topological polar surface area (TPSA) is 96.3 Å². The van der Waals surface area contributed by atoms with Gasteiger partial charge >= 0.3 is 0 Å². The van der Waals surface area contributed by atoms with Crippen LogP contribution in [0, 0.1) is 40.4 Å². The van der Waals surface area contributed by atoms with Crippen LogP contribution in [0.5, 0.6) is 11.5 Å². The third-order valence-corrected chi connectivity index (χ3v) is 15.7. The van der Waals surface area contributed by atoms with Crippen molar-refractivity contribution >= 4 is 23.0 Å². The second-order valence-corrected chi connectivity index (χ2v) is 18.4. The lowest BCUT2D eigenvalue weighted by molar-refractivity contribution is -0.178. The number of hydrogen-bond donors (Lipinski definition) is 2. The van der Waals surface area contributed by atoms with Gasteiger partial charge in [-0.1, -0.05) is 68.5 Å². The summed E-state index contributed by atoms with van der Waals surface area (Å²) in [5.74, 6) is 1.43. The number of hydrogen-bond acceptors (Lipinski definition) is 7. The summed E-state index contributed by atoms with van der Waals surface area (Å²) in [5.41, 5.74) is -0.0632. The molecule has 2 N–H and O–H groups in total. The van der Waals surface area contributed by atoms with E-state index < -0.39 is 22.5 Å². The number of aliphatic hydroxyl groups excluding tert-OH is 1. The number of benzene rings is 2. The van der Waals surface area contributed by atoms with Crippen LogP contribution < -0.4 is 9.47 Å². The molecule has 1 unspecified atom stereocenters. The van der Waals surface area contributed by atoms with Crippen molar-refractivity contribution in [2.24, 2.45) is 33.5 Å². The van der Waals surface area contributed by atoms with Crippen LogP contribution in [0.1, 0.15) is 84.5 Å². The molecule has 1 heterocycles. The minimum atomic E-state index is -1.17. The lowest BCUT2D eigenvalue weighted by atomic mass is 9.32. The molecule has 53 heavy (non-hydrogen) atoms. The highest BCUT2D eigenvalue weighted by Gasteiger charge is 2.74. The zero-order valence-corrected chi connectivity index (χ0v) is 32.5. The van der Waals surface area contributed by atoms with Gasteiger partial charge in [0.1, 0.15) is 0 Å². The minimum absolute atomic E-state index is 0.00719. The average Bonchev–Trinajstić information content (AvgIpc) is 3.71. The van der Waals surface area contributed by atoms with Crippen LogP contribution in [0.3, 0.4) is 0 Å². The maximum Gasteiger partial charge on any atom is 0.227 e. The standard InChI is InChI=1S/C45H53NO6S/c1-29-11-14-36(53-29)40(49)33-26-43-21-22-45(33)37(41(43,2)18-15-32(47)25-43)16-19-42(3)38(45)17-20-44(42,50)28-46(27-30-9-7-6-8-10-30)39(48)24-31-12-13-34(51-4)35(23-31)52-5/h6-14,21-23,26,32,37-38,47,50H,15-20,24-25,27-28H2,1-5H3/t32?,37-,38-,41-,42+,43+,44-,45-/m1/s1. The Morgan fingerprint density at radius 1 is 0.868 bits per heavy atom. The molecule has 2 spiro atoms. The molecular weight excluding hydrogens is 683 g/mol. The number of carbonyl (C=O) groups is 2. The van der Waals surface area contributed by atoms with E-state index in [9.17, 15) is 19.8 Å². The van der Waals surface area contributed by atoms with Crippen molar-refractivity contribution in [3.63, 3.8) is 0 Å². The number of amides is 1. The zero-order valence-electron chi connectivity index (χ0n) is 31.7. The number of aryl methyl sites for hydroxylation is 1. The number of rotatable bonds is 10. The maximum absolute atomic E-state index is 14.8. The summed E-state index contributed by atoms with van der Waals surface area (Å²) in [6.07, 6.45) is 12.1. The van der Waals surface area contributed by atoms with Gasteiger partial charge in [-0.25, -0.2) is 0 Å². The number of fused-ring (bicyclic) bond motifs is 1. The van der Waals surface area contributed by atoms with Crippen LogP contribution in [-0.2, 0) is 17.8 Å². The molecule has 0 radical (unpaired) electrons. The molecule has 2 aromatic carbocycles. The molecule has 0 aliphatic heterocycles. The monoisotopic (exact) mass is 735 g/mol. The number of thiophene rings is 1. The van der Waals surface area contributed by atoms with Crippen LogP contribution >= 0.6 is 11.3 Å². The fraction of sp³-hybridized carbons (Fsp3) is 0.511. The predicted octanol–water partition coefficient (Wildman–Crippen LogP) is 8.12. The predicted molar refractivity (Wildman–Crippen MR) is 207 cm³/mol. The van der Waals surface area contributed by atoms with Crippen molar-refractivity contribution in [2.45, 2.75) is 90.4 Å². The molecule has 8 atom stereocenters. The van der Waals surface area contributed by atoms with Gasteiger partial charge in [-0.3, -0.25) is 9.59 Å². The quantitative estimate of drug-likeness (QED) is 0.161. The van der Waals surface area contributed by atoms with Crippen LogP contribution in [0.2, 0.25) is 0 Å². The summed E-state index contributed by atoms with van der Waals surface area (Å²) in [6.45, 7) is 7.28.